The number of hydrogen-bond donors (Lipinski definition) is 1. The van der Waals surface area contributed by atoms with E-state index < -0.39 is 0 Å². The highest BCUT2D eigenvalue weighted by Gasteiger charge is 2.20. The number of benzene rings is 1. The van der Waals surface area contributed by atoms with E-state index in [1.54, 1.807) is 13.0 Å². The van der Waals surface area contributed by atoms with Gasteiger partial charge in [0.2, 0.25) is 5.91 Å². The van der Waals surface area contributed by atoms with E-state index in [2.05, 4.69) is 4.90 Å². The molecule has 0 unspecified atom stereocenters. The van der Waals surface area contributed by atoms with Gasteiger partial charge in [-0.25, -0.2) is 4.39 Å². The minimum absolute atomic E-state index is 0.104. The fraction of sp³-hybridized carbons (Fsp3) is 0.500. The fourth-order valence-electron chi connectivity index (χ4n) is 2.41. The van der Waals surface area contributed by atoms with E-state index in [9.17, 15) is 9.18 Å². The highest BCUT2D eigenvalue weighted by atomic mass is 19.1. The molecule has 1 aliphatic rings. The van der Waals surface area contributed by atoms with E-state index in [4.69, 9.17) is 5.73 Å². The number of nitrogens with two attached hydrogens (primary N) is 1. The van der Waals surface area contributed by atoms with E-state index in [1.165, 1.54) is 0 Å². The van der Waals surface area contributed by atoms with Gasteiger partial charge in [-0.1, -0.05) is 6.92 Å². The van der Waals surface area contributed by atoms with Crippen molar-refractivity contribution in [2.24, 2.45) is 0 Å². The average molecular weight is 265 g/mol. The quantitative estimate of drug-likeness (QED) is 0.827. The second kappa shape index (κ2) is 5.47. The van der Waals surface area contributed by atoms with Crippen molar-refractivity contribution >= 4 is 17.3 Å². The molecule has 1 amide bonds. The number of nitrogen functional groups attached to an aromatic ring is 1. The molecule has 0 radical (unpaired) electrons. The Hall–Kier alpha value is -1.78. The van der Waals surface area contributed by atoms with Crippen molar-refractivity contribution in [3.8, 4) is 0 Å². The van der Waals surface area contributed by atoms with Crippen molar-refractivity contribution in [2.75, 3.05) is 36.8 Å². The number of aryl methyl sites for hydroxylation is 1. The Balaban J connectivity index is 2.15. The molecule has 2 rings (SSSR count). The molecule has 0 aromatic heterocycles. The predicted molar refractivity (Wildman–Crippen MR) is 74.7 cm³/mol. The van der Waals surface area contributed by atoms with E-state index in [0.717, 1.165) is 18.8 Å². The number of rotatable bonds is 2. The number of nitrogens with zero attached hydrogens (tertiary/aromatic N) is 2. The van der Waals surface area contributed by atoms with Gasteiger partial charge in [-0.05, 0) is 24.1 Å². The lowest BCUT2D eigenvalue weighted by Gasteiger charge is -2.36. The van der Waals surface area contributed by atoms with E-state index >= 15 is 0 Å². The van der Waals surface area contributed by atoms with Gasteiger partial charge < -0.3 is 15.5 Å². The summed E-state index contributed by atoms with van der Waals surface area (Å²) in [7, 11) is 0. The first-order chi connectivity index (χ1) is 9.02. The molecule has 1 fully saturated rings. The number of carbonyl (C=O) groups excluding carboxylic acids is 1. The minimum atomic E-state index is -0.311. The lowest BCUT2D eigenvalue weighted by Crippen LogP contribution is -2.48. The van der Waals surface area contributed by atoms with E-state index in [1.807, 2.05) is 17.9 Å². The molecule has 0 atom stereocenters. The zero-order chi connectivity index (χ0) is 14.0. The third-order valence-corrected chi connectivity index (χ3v) is 3.63. The summed E-state index contributed by atoms with van der Waals surface area (Å²) in [4.78, 5) is 15.2. The summed E-state index contributed by atoms with van der Waals surface area (Å²) in [5.41, 5.74) is 7.50. The Kier molecular flexibility index (Phi) is 3.93. The smallest absolute Gasteiger partial charge is 0.219 e. The maximum atomic E-state index is 13.7. The van der Waals surface area contributed by atoms with Crippen LogP contribution in [-0.2, 0) is 11.2 Å². The molecule has 1 heterocycles. The van der Waals surface area contributed by atoms with Crippen LogP contribution in [0, 0.1) is 5.82 Å². The van der Waals surface area contributed by atoms with Gasteiger partial charge in [0.15, 0.2) is 0 Å². The largest absolute Gasteiger partial charge is 0.396 e. The number of anilines is 2. The first-order valence-corrected chi connectivity index (χ1v) is 6.61. The molecule has 2 N–H and O–H groups in total. The summed E-state index contributed by atoms with van der Waals surface area (Å²) in [5.74, 6) is -0.207. The summed E-state index contributed by atoms with van der Waals surface area (Å²) in [6.07, 6.45) is 0.622. The summed E-state index contributed by atoms with van der Waals surface area (Å²) in [6.45, 7) is 6.42. The van der Waals surface area contributed by atoms with Gasteiger partial charge in [0.25, 0.3) is 0 Å². The van der Waals surface area contributed by atoms with Gasteiger partial charge in [-0.2, -0.15) is 0 Å². The topological polar surface area (TPSA) is 49.6 Å². The fourth-order valence-corrected chi connectivity index (χ4v) is 2.41. The molecular weight excluding hydrogens is 245 g/mol. The maximum absolute atomic E-state index is 13.7. The molecular formula is C14H20FN3O. The van der Waals surface area contributed by atoms with Crippen molar-refractivity contribution in [2.45, 2.75) is 20.3 Å². The molecule has 0 bridgehead atoms. The van der Waals surface area contributed by atoms with Crippen LogP contribution in [0.5, 0.6) is 0 Å². The van der Waals surface area contributed by atoms with Gasteiger partial charge in [0, 0.05) is 38.8 Å². The van der Waals surface area contributed by atoms with Crippen LogP contribution in [-0.4, -0.2) is 37.0 Å². The van der Waals surface area contributed by atoms with Crippen molar-refractivity contribution < 1.29 is 9.18 Å². The second-order valence-corrected chi connectivity index (χ2v) is 4.85. The highest BCUT2D eigenvalue weighted by Crippen LogP contribution is 2.25. The van der Waals surface area contributed by atoms with Gasteiger partial charge in [0.05, 0.1) is 5.69 Å². The van der Waals surface area contributed by atoms with Gasteiger partial charge in [-0.3, -0.25) is 4.79 Å². The van der Waals surface area contributed by atoms with Crippen LogP contribution in [0.25, 0.3) is 0 Å². The van der Waals surface area contributed by atoms with Crippen molar-refractivity contribution in [1.29, 1.82) is 0 Å². The van der Waals surface area contributed by atoms with Gasteiger partial charge in [-0.15, -0.1) is 0 Å². The van der Waals surface area contributed by atoms with Crippen LogP contribution < -0.4 is 10.6 Å². The second-order valence-electron chi connectivity index (χ2n) is 4.85. The van der Waals surface area contributed by atoms with E-state index in [-0.39, 0.29) is 17.4 Å². The maximum Gasteiger partial charge on any atom is 0.219 e. The first kappa shape index (κ1) is 13.6. The zero-order valence-corrected chi connectivity index (χ0v) is 11.4. The standard InChI is InChI=1S/C14H20FN3O/c1-3-11-8-12(9-13(16)14(11)15)18-6-4-17(5-7-18)10(2)19/h8-9H,3-7,16H2,1-2H3. The Morgan fingerprint density at radius 3 is 2.47 bits per heavy atom. The predicted octanol–water partition coefficient (Wildman–Crippen LogP) is 1.64. The summed E-state index contributed by atoms with van der Waals surface area (Å²) >= 11 is 0. The van der Waals surface area contributed by atoms with Crippen LogP contribution in [0.4, 0.5) is 15.8 Å². The average Bonchev–Trinajstić information content (AvgIpc) is 2.41. The molecule has 0 spiro atoms. The molecule has 1 aromatic rings. The van der Waals surface area contributed by atoms with Crippen LogP contribution in [0.3, 0.4) is 0 Å². The number of hydrogen-bond acceptors (Lipinski definition) is 3. The normalized spacial score (nSPS) is 15.7. The summed E-state index contributed by atoms with van der Waals surface area (Å²) in [5, 5.41) is 0. The van der Waals surface area contributed by atoms with Gasteiger partial charge >= 0.3 is 0 Å². The molecule has 1 aromatic carbocycles. The molecule has 19 heavy (non-hydrogen) atoms. The van der Waals surface area contributed by atoms with Crippen molar-refractivity contribution in [3.63, 3.8) is 0 Å². The third-order valence-electron chi connectivity index (χ3n) is 3.63. The monoisotopic (exact) mass is 265 g/mol. The lowest BCUT2D eigenvalue weighted by molar-refractivity contribution is -0.129. The molecule has 1 saturated heterocycles. The number of piperazine rings is 1. The Morgan fingerprint density at radius 1 is 1.32 bits per heavy atom. The SMILES string of the molecule is CCc1cc(N2CCN(C(C)=O)CC2)cc(N)c1F. The van der Waals surface area contributed by atoms with Crippen LogP contribution in [0.1, 0.15) is 19.4 Å². The Bertz CT molecular complexity index is 482. The summed E-state index contributed by atoms with van der Waals surface area (Å²) in [6, 6.07) is 3.53. The van der Waals surface area contributed by atoms with Gasteiger partial charge in [0.1, 0.15) is 5.82 Å². The molecule has 104 valence electrons. The highest BCUT2D eigenvalue weighted by molar-refractivity contribution is 5.73. The third kappa shape index (κ3) is 2.80. The molecule has 4 nitrogen and oxygen atoms in total. The molecule has 1 aliphatic heterocycles. The van der Waals surface area contributed by atoms with Crippen molar-refractivity contribution in [1.82, 2.24) is 4.90 Å². The Morgan fingerprint density at radius 2 is 1.95 bits per heavy atom. The van der Waals surface area contributed by atoms with Crippen LogP contribution in [0.15, 0.2) is 12.1 Å². The number of amides is 1. The van der Waals surface area contributed by atoms with Crippen LogP contribution in [0.2, 0.25) is 0 Å². The Labute approximate surface area is 113 Å². The molecule has 0 saturated carbocycles. The lowest BCUT2D eigenvalue weighted by atomic mass is 10.1. The number of halogens is 1. The summed E-state index contributed by atoms with van der Waals surface area (Å²) < 4.78 is 13.7. The minimum Gasteiger partial charge on any atom is -0.396 e. The number of carbonyl (C=O) groups is 1. The zero-order valence-electron chi connectivity index (χ0n) is 11.4. The van der Waals surface area contributed by atoms with E-state index in [0.29, 0.717) is 25.1 Å². The van der Waals surface area contributed by atoms with Crippen LogP contribution >= 0.6 is 0 Å². The van der Waals surface area contributed by atoms with Crippen molar-refractivity contribution in [3.05, 3.63) is 23.5 Å². The molecule has 5 heteroatoms. The first-order valence-electron chi connectivity index (χ1n) is 6.61. The molecule has 0 aliphatic carbocycles.